The van der Waals surface area contributed by atoms with E-state index in [1.807, 2.05) is 30.4 Å². The highest BCUT2D eigenvalue weighted by Crippen LogP contribution is 2.47. The highest BCUT2D eigenvalue weighted by Gasteiger charge is 2.39. The number of carbonyl (C=O) groups excluding carboxylic acids is 1. The van der Waals surface area contributed by atoms with Crippen LogP contribution in [-0.2, 0) is 14.9 Å². The van der Waals surface area contributed by atoms with Crippen molar-refractivity contribution in [2.75, 3.05) is 25.2 Å². The number of nitrogens with zero attached hydrogens (tertiary/aromatic N) is 1. The van der Waals surface area contributed by atoms with Crippen molar-refractivity contribution in [3.63, 3.8) is 0 Å². The molecule has 0 fully saturated rings. The normalized spacial score (nSPS) is 21.7. The molecule has 130 valence electrons. The molecule has 3 rings (SSSR count). The van der Waals surface area contributed by atoms with Gasteiger partial charge >= 0.3 is 0 Å². The largest absolute Gasteiger partial charge is 0.493 e. The zero-order valence-electron chi connectivity index (χ0n) is 14.8. The number of benzene rings is 1. The van der Waals surface area contributed by atoms with Crippen LogP contribution in [0.1, 0.15) is 19.4 Å². The quantitative estimate of drug-likeness (QED) is 0.857. The van der Waals surface area contributed by atoms with Gasteiger partial charge in [-0.2, -0.15) is 0 Å². The number of Topliss-reactive ketones (excluding diaryl/α,β-unsaturated/α-hetero) is 1. The molecule has 1 aromatic rings. The average molecular weight is 337 g/mol. The number of aliphatic hydroxyl groups excluding tert-OH is 1. The van der Waals surface area contributed by atoms with Crippen LogP contribution in [0.5, 0.6) is 0 Å². The summed E-state index contributed by atoms with van der Waals surface area (Å²) in [5.41, 5.74) is 3.77. The van der Waals surface area contributed by atoms with Crippen molar-refractivity contribution in [1.82, 2.24) is 0 Å². The summed E-state index contributed by atoms with van der Waals surface area (Å²) in [7, 11) is 1.50. The van der Waals surface area contributed by atoms with Gasteiger partial charge in [-0.05, 0) is 29.9 Å². The summed E-state index contributed by atoms with van der Waals surface area (Å²) in [6.07, 6.45) is 9.07. The monoisotopic (exact) mass is 337 g/mol. The van der Waals surface area contributed by atoms with Crippen molar-refractivity contribution in [2.45, 2.75) is 19.3 Å². The van der Waals surface area contributed by atoms with Crippen molar-refractivity contribution in [3.05, 3.63) is 77.2 Å². The average Bonchev–Trinajstić information content (AvgIpc) is 2.82. The summed E-state index contributed by atoms with van der Waals surface area (Å²) in [4.78, 5) is 14.5. The third kappa shape index (κ3) is 2.94. The number of fused-ring (bicyclic) bond motifs is 1. The van der Waals surface area contributed by atoms with Gasteiger partial charge in [0.1, 0.15) is 0 Å². The summed E-state index contributed by atoms with van der Waals surface area (Å²) in [5, 5.41) is 9.49. The maximum absolute atomic E-state index is 12.4. The lowest BCUT2D eigenvalue weighted by Crippen LogP contribution is -2.28. The Morgan fingerprint density at radius 2 is 2.00 bits per heavy atom. The maximum Gasteiger partial charge on any atom is 0.227 e. The Kier molecular flexibility index (Phi) is 4.64. The number of aliphatic hydroxyl groups is 1. The molecule has 4 nitrogen and oxygen atoms in total. The maximum atomic E-state index is 12.4. The summed E-state index contributed by atoms with van der Waals surface area (Å²) in [5.74, 6) is 0.220. The molecule has 0 atom stereocenters. The molecule has 0 saturated carbocycles. The first kappa shape index (κ1) is 17.2. The van der Waals surface area contributed by atoms with Crippen LogP contribution in [-0.4, -0.2) is 31.2 Å². The fraction of sp³-hybridized carbons (Fsp3) is 0.286. The second-order valence-corrected chi connectivity index (χ2v) is 6.61. The third-order valence-corrected chi connectivity index (χ3v) is 4.77. The van der Waals surface area contributed by atoms with Crippen LogP contribution in [0.15, 0.2) is 71.7 Å². The van der Waals surface area contributed by atoms with Gasteiger partial charge in [-0.15, -0.1) is 0 Å². The van der Waals surface area contributed by atoms with Gasteiger partial charge < -0.3 is 14.7 Å². The Labute approximate surface area is 148 Å². The van der Waals surface area contributed by atoms with Gasteiger partial charge in [0, 0.05) is 28.9 Å². The Bertz CT molecular complexity index is 812. The zero-order chi connectivity index (χ0) is 18.0. The van der Waals surface area contributed by atoms with E-state index in [4.69, 9.17) is 4.74 Å². The van der Waals surface area contributed by atoms with E-state index in [2.05, 4.69) is 30.9 Å². The van der Waals surface area contributed by atoms with Crippen LogP contribution in [0.2, 0.25) is 0 Å². The highest BCUT2D eigenvalue weighted by atomic mass is 16.5. The minimum Gasteiger partial charge on any atom is -0.493 e. The first-order chi connectivity index (χ1) is 12.0. The van der Waals surface area contributed by atoms with E-state index in [1.165, 1.54) is 12.7 Å². The van der Waals surface area contributed by atoms with E-state index in [0.717, 1.165) is 11.4 Å². The van der Waals surface area contributed by atoms with Crippen molar-refractivity contribution in [2.24, 2.45) is 0 Å². The number of para-hydroxylation sites is 1. The van der Waals surface area contributed by atoms with Gasteiger partial charge in [0.2, 0.25) is 5.78 Å². The van der Waals surface area contributed by atoms with Gasteiger partial charge in [0.25, 0.3) is 0 Å². The number of hydrogen-bond acceptors (Lipinski definition) is 4. The smallest absolute Gasteiger partial charge is 0.227 e. The highest BCUT2D eigenvalue weighted by molar-refractivity contribution is 6.10. The SMILES string of the molecule is COC1=CC=C/C(=C/C=C2/N(CCO)c3ccccc3C2(C)C)C1=O. The number of rotatable bonds is 4. The van der Waals surface area contributed by atoms with E-state index < -0.39 is 0 Å². The first-order valence-corrected chi connectivity index (χ1v) is 8.38. The summed E-state index contributed by atoms with van der Waals surface area (Å²) in [6.45, 7) is 4.90. The predicted molar refractivity (Wildman–Crippen MR) is 99.3 cm³/mol. The lowest BCUT2D eigenvalue weighted by molar-refractivity contribution is -0.114. The number of anilines is 1. The fourth-order valence-corrected chi connectivity index (χ4v) is 3.48. The lowest BCUT2D eigenvalue weighted by atomic mass is 9.83. The van der Waals surface area contributed by atoms with E-state index in [1.54, 1.807) is 12.2 Å². The van der Waals surface area contributed by atoms with Gasteiger partial charge in [-0.1, -0.05) is 44.2 Å². The fourth-order valence-electron chi connectivity index (χ4n) is 3.48. The van der Waals surface area contributed by atoms with Crippen LogP contribution in [0.25, 0.3) is 0 Å². The van der Waals surface area contributed by atoms with E-state index >= 15 is 0 Å². The number of carbonyl (C=O) groups is 1. The molecule has 0 amide bonds. The van der Waals surface area contributed by atoms with Crippen LogP contribution >= 0.6 is 0 Å². The standard InChI is InChI=1S/C21H23NO3/c1-21(2)16-8-4-5-9-17(16)22(13-14-23)19(21)12-11-15-7-6-10-18(25-3)20(15)24/h4-12,23H,13-14H2,1-3H3/b15-11-,19-12+. The molecule has 1 aromatic carbocycles. The predicted octanol–water partition coefficient (Wildman–Crippen LogP) is 3.26. The molecule has 1 N–H and O–H groups in total. The molecule has 1 heterocycles. The van der Waals surface area contributed by atoms with Gasteiger partial charge in [-0.3, -0.25) is 4.79 Å². The van der Waals surface area contributed by atoms with Gasteiger partial charge in [0.15, 0.2) is 5.76 Å². The summed E-state index contributed by atoms with van der Waals surface area (Å²) < 4.78 is 5.11. The Balaban J connectivity index is 2.02. The third-order valence-electron chi connectivity index (χ3n) is 4.77. The van der Waals surface area contributed by atoms with Crippen LogP contribution in [0, 0.1) is 0 Å². The number of ether oxygens (including phenoxy) is 1. The van der Waals surface area contributed by atoms with Gasteiger partial charge in [0.05, 0.1) is 13.7 Å². The first-order valence-electron chi connectivity index (χ1n) is 8.38. The minimum atomic E-state index is -0.204. The topological polar surface area (TPSA) is 49.8 Å². The molecule has 0 spiro atoms. The Morgan fingerprint density at radius 1 is 1.24 bits per heavy atom. The molecule has 1 aliphatic carbocycles. The Morgan fingerprint density at radius 3 is 2.72 bits per heavy atom. The molecular weight excluding hydrogens is 314 g/mol. The summed E-state index contributed by atoms with van der Waals surface area (Å²) in [6, 6.07) is 8.22. The number of hydrogen-bond donors (Lipinski definition) is 1. The molecule has 1 aliphatic heterocycles. The van der Waals surface area contributed by atoms with Crippen molar-refractivity contribution in [3.8, 4) is 0 Å². The van der Waals surface area contributed by atoms with Crippen LogP contribution in [0.4, 0.5) is 5.69 Å². The molecule has 0 aromatic heterocycles. The van der Waals surface area contributed by atoms with Crippen LogP contribution in [0.3, 0.4) is 0 Å². The molecule has 2 aliphatic rings. The second kappa shape index (κ2) is 6.73. The lowest BCUT2D eigenvalue weighted by Gasteiger charge is -2.26. The number of β-amino-alcohol motifs (C(OH)–C–C–N with tert-alkyl or cyclic N) is 1. The van der Waals surface area contributed by atoms with E-state index in [0.29, 0.717) is 17.9 Å². The molecular formula is C21H23NO3. The molecule has 4 heteroatoms. The second-order valence-electron chi connectivity index (χ2n) is 6.61. The van der Waals surface area contributed by atoms with Gasteiger partial charge in [-0.25, -0.2) is 0 Å². The number of methoxy groups -OCH3 is 1. The molecule has 0 bridgehead atoms. The zero-order valence-corrected chi connectivity index (χ0v) is 14.8. The van der Waals surface area contributed by atoms with Crippen LogP contribution < -0.4 is 4.90 Å². The number of ketones is 1. The minimum absolute atomic E-state index is 0.0632. The molecule has 0 radical (unpaired) electrons. The van der Waals surface area contributed by atoms with E-state index in [-0.39, 0.29) is 17.8 Å². The van der Waals surface area contributed by atoms with Crippen molar-refractivity contribution >= 4 is 11.5 Å². The number of allylic oxidation sites excluding steroid dienone is 7. The molecule has 0 saturated heterocycles. The van der Waals surface area contributed by atoms with Crippen molar-refractivity contribution in [1.29, 1.82) is 0 Å². The molecule has 0 unspecified atom stereocenters. The van der Waals surface area contributed by atoms with Crippen molar-refractivity contribution < 1.29 is 14.6 Å². The summed E-state index contributed by atoms with van der Waals surface area (Å²) >= 11 is 0. The Hall–Kier alpha value is -2.59. The van der Waals surface area contributed by atoms with E-state index in [9.17, 15) is 9.90 Å². The molecule has 25 heavy (non-hydrogen) atoms.